The third-order valence-corrected chi connectivity index (χ3v) is 5.96. The van der Waals surface area contributed by atoms with Crippen molar-refractivity contribution >= 4 is 12.0 Å². The second-order valence-electron chi connectivity index (χ2n) is 9.27. The summed E-state index contributed by atoms with van der Waals surface area (Å²) in [4.78, 5) is 41.5. The Kier molecular flexibility index (Phi) is 4.71. The number of amides is 2. The van der Waals surface area contributed by atoms with E-state index in [1.165, 1.54) is 0 Å². The van der Waals surface area contributed by atoms with Crippen LogP contribution >= 0.6 is 0 Å². The highest BCUT2D eigenvalue weighted by molar-refractivity contribution is 5.86. The van der Waals surface area contributed by atoms with Gasteiger partial charge >= 0.3 is 6.09 Å². The van der Waals surface area contributed by atoms with Crippen molar-refractivity contribution < 1.29 is 14.3 Å². The number of pyridine rings is 1. The molecule has 1 aromatic rings. The third kappa shape index (κ3) is 3.54. The first-order valence-electron chi connectivity index (χ1n) is 10.2. The van der Waals surface area contributed by atoms with Gasteiger partial charge in [0.05, 0.1) is 0 Å². The molecule has 2 amide bonds. The normalized spacial score (nSPS) is 26.8. The molecule has 3 aliphatic heterocycles. The van der Waals surface area contributed by atoms with E-state index in [0.29, 0.717) is 32.6 Å². The minimum absolute atomic E-state index is 0.0183. The van der Waals surface area contributed by atoms with Crippen LogP contribution in [0, 0.1) is 5.92 Å². The van der Waals surface area contributed by atoms with Gasteiger partial charge in [0.25, 0.3) is 5.56 Å². The van der Waals surface area contributed by atoms with Crippen LogP contribution in [-0.2, 0) is 16.1 Å². The zero-order valence-electron chi connectivity index (χ0n) is 16.9. The lowest BCUT2D eigenvalue weighted by molar-refractivity contribution is -0.138. The summed E-state index contributed by atoms with van der Waals surface area (Å²) in [5.74, 6) is 0.484. The first kappa shape index (κ1) is 19.0. The molecule has 7 heteroatoms. The maximum Gasteiger partial charge on any atom is 0.410 e. The molecule has 2 saturated heterocycles. The molecular weight excluding hydrogens is 358 g/mol. The highest BCUT2D eigenvalue weighted by atomic mass is 16.6. The maximum absolute atomic E-state index is 13.3. The summed E-state index contributed by atoms with van der Waals surface area (Å²) in [6.45, 7) is 7.99. The van der Waals surface area contributed by atoms with Crippen molar-refractivity contribution in [3.05, 3.63) is 34.2 Å². The van der Waals surface area contributed by atoms with Gasteiger partial charge in [-0.2, -0.15) is 0 Å². The van der Waals surface area contributed by atoms with Gasteiger partial charge in [0.15, 0.2) is 0 Å². The number of aromatic nitrogens is 1. The number of fused-ring (bicyclic) bond motifs is 4. The monoisotopic (exact) mass is 387 g/mol. The van der Waals surface area contributed by atoms with Crippen molar-refractivity contribution in [1.29, 1.82) is 0 Å². The van der Waals surface area contributed by atoms with E-state index in [9.17, 15) is 14.4 Å². The second-order valence-corrected chi connectivity index (χ2v) is 9.27. The summed E-state index contributed by atoms with van der Waals surface area (Å²) in [6, 6.07) is 4.96. The Morgan fingerprint density at radius 3 is 2.68 bits per heavy atom. The van der Waals surface area contributed by atoms with Crippen LogP contribution in [0.25, 0.3) is 0 Å². The Morgan fingerprint density at radius 1 is 1.14 bits per heavy atom. The largest absolute Gasteiger partial charge is 0.444 e. The average molecular weight is 387 g/mol. The van der Waals surface area contributed by atoms with Gasteiger partial charge in [0.1, 0.15) is 11.6 Å². The lowest BCUT2D eigenvalue weighted by Crippen LogP contribution is -2.54. The molecule has 3 atom stereocenters. The SMILES string of the molecule is CC(C)(C)OC(=O)N1CCC[C@H]1C(=O)N1CC2CC(C1)c1cccc(=O)n1C2. The van der Waals surface area contributed by atoms with Gasteiger partial charge in [-0.3, -0.25) is 14.5 Å². The van der Waals surface area contributed by atoms with Gasteiger partial charge in [-0.05, 0) is 52.0 Å². The van der Waals surface area contributed by atoms with E-state index >= 15 is 0 Å². The number of hydrogen-bond acceptors (Lipinski definition) is 4. The van der Waals surface area contributed by atoms with Gasteiger partial charge < -0.3 is 14.2 Å². The second kappa shape index (κ2) is 6.94. The van der Waals surface area contributed by atoms with Gasteiger partial charge in [0.2, 0.25) is 5.91 Å². The van der Waals surface area contributed by atoms with E-state index in [4.69, 9.17) is 4.74 Å². The van der Waals surface area contributed by atoms with E-state index in [0.717, 1.165) is 18.5 Å². The van der Waals surface area contributed by atoms with Crippen LogP contribution in [0.5, 0.6) is 0 Å². The van der Waals surface area contributed by atoms with Crippen molar-refractivity contribution in [2.24, 2.45) is 5.92 Å². The Labute approximate surface area is 165 Å². The van der Waals surface area contributed by atoms with Crippen LogP contribution in [0.3, 0.4) is 0 Å². The summed E-state index contributed by atoms with van der Waals surface area (Å²) in [7, 11) is 0. The molecule has 0 aromatic carbocycles. The lowest BCUT2D eigenvalue weighted by Gasteiger charge is -2.44. The lowest BCUT2D eigenvalue weighted by atomic mass is 9.83. The Hall–Kier alpha value is -2.31. The van der Waals surface area contributed by atoms with Gasteiger partial charge in [-0.25, -0.2) is 4.79 Å². The van der Waals surface area contributed by atoms with Crippen LogP contribution < -0.4 is 5.56 Å². The number of ether oxygens (including phenoxy) is 1. The van der Waals surface area contributed by atoms with E-state index < -0.39 is 17.7 Å². The van der Waals surface area contributed by atoms with Crippen molar-refractivity contribution in [2.45, 2.75) is 64.1 Å². The molecule has 1 aromatic heterocycles. The number of hydrogen-bond donors (Lipinski definition) is 0. The summed E-state index contributed by atoms with van der Waals surface area (Å²) in [5.41, 5.74) is 0.488. The van der Waals surface area contributed by atoms with Gasteiger partial charge in [-0.15, -0.1) is 0 Å². The summed E-state index contributed by atoms with van der Waals surface area (Å²) in [6.07, 6.45) is 2.10. The summed E-state index contributed by atoms with van der Waals surface area (Å²) in [5, 5.41) is 0. The van der Waals surface area contributed by atoms with Crippen LogP contribution in [0.2, 0.25) is 0 Å². The van der Waals surface area contributed by atoms with Gasteiger partial charge in [0, 0.05) is 43.9 Å². The molecule has 2 fully saturated rings. The zero-order valence-corrected chi connectivity index (χ0v) is 16.9. The number of likely N-dealkylation sites (tertiary alicyclic amines) is 2. The van der Waals surface area contributed by atoms with E-state index in [-0.39, 0.29) is 23.3 Å². The molecule has 152 valence electrons. The van der Waals surface area contributed by atoms with Crippen molar-refractivity contribution in [3.8, 4) is 0 Å². The molecule has 2 unspecified atom stereocenters. The van der Waals surface area contributed by atoms with E-state index in [1.807, 2.05) is 36.3 Å². The number of rotatable bonds is 1. The first-order chi connectivity index (χ1) is 13.2. The van der Waals surface area contributed by atoms with E-state index in [1.54, 1.807) is 17.0 Å². The van der Waals surface area contributed by atoms with Crippen LogP contribution in [0.15, 0.2) is 23.0 Å². The van der Waals surface area contributed by atoms with Crippen molar-refractivity contribution in [2.75, 3.05) is 19.6 Å². The Bertz CT molecular complexity index is 841. The van der Waals surface area contributed by atoms with Crippen LogP contribution in [-0.4, -0.2) is 57.6 Å². The molecule has 0 aliphatic carbocycles. The standard InChI is InChI=1S/C21H29N3O4/c1-21(2,3)28-20(27)23-9-5-7-17(23)19(26)22-11-14-10-15(13-22)16-6-4-8-18(25)24(16)12-14/h4,6,8,14-15,17H,5,7,9-13H2,1-3H3/t14?,15?,17-/m0/s1. The van der Waals surface area contributed by atoms with Gasteiger partial charge in [-0.1, -0.05) is 6.07 Å². The zero-order chi connectivity index (χ0) is 20.1. The Balaban J connectivity index is 1.50. The average Bonchev–Trinajstić information content (AvgIpc) is 3.10. The molecular formula is C21H29N3O4. The topological polar surface area (TPSA) is 71.8 Å². The smallest absolute Gasteiger partial charge is 0.410 e. The molecule has 0 N–H and O–H groups in total. The van der Waals surface area contributed by atoms with Crippen molar-refractivity contribution in [3.63, 3.8) is 0 Å². The van der Waals surface area contributed by atoms with E-state index in [2.05, 4.69) is 0 Å². The fourth-order valence-corrected chi connectivity index (χ4v) is 4.85. The van der Waals surface area contributed by atoms with Crippen molar-refractivity contribution in [1.82, 2.24) is 14.4 Å². The highest BCUT2D eigenvalue weighted by Crippen LogP contribution is 2.36. The molecule has 2 bridgehead atoms. The minimum Gasteiger partial charge on any atom is -0.444 e. The third-order valence-electron chi connectivity index (χ3n) is 5.96. The number of nitrogens with zero attached hydrogens (tertiary/aromatic N) is 3. The fourth-order valence-electron chi connectivity index (χ4n) is 4.85. The maximum atomic E-state index is 13.3. The Morgan fingerprint density at radius 2 is 1.93 bits per heavy atom. The first-order valence-corrected chi connectivity index (χ1v) is 10.2. The molecule has 0 spiro atoms. The molecule has 7 nitrogen and oxygen atoms in total. The van der Waals surface area contributed by atoms with Crippen LogP contribution in [0.1, 0.15) is 51.6 Å². The summed E-state index contributed by atoms with van der Waals surface area (Å²) < 4.78 is 7.37. The number of carbonyl (C=O) groups excluding carboxylic acids is 2. The highest BCUT2D eigenvalue weighted by Gasteiger charge is 2.42. The number of piperidine rings is 1. The fraction of sp³-hybridized carbons (Fsp3) is 0.667. The molecule has 0 radical (unpaired) electrons. The molecule has 4 heterocycles. The number of carbonyl (C=O) groups is 2. The predicted octanol–water partition coefficient (Wildman–Crippen LogP) is 2.19. The van der Waals surface area contributed by atoms with Crippen LogP contribution in [0.4, 0.5) is 4.79 Å². The molecule has 28 heavy (non-hydrogen) atoms. The summed E-state index contributed by atoms with van der Waals surface area (Å²) >= 11 is 0. The minimum atomic E-state index is -0.577. The molecule has 0 saturated carbocycles. The molecule has 4 rings (SSSR count). The molecule has 3 aliphatic rings. The quantitative estimate of drug-likeness (QED) is 0.741. The predicted molar refractivity (Wildman–Crippen MR) is 104 cm³/mol.